The molecular formula is C10H10N2O2. The summed E-state index contributed by atoms with van der Waals surface area (Å²) in [5.74, 6) is -1.66. The number of nitriles is 1. The molecule has 0 saturated carbocycles. The maximum absolute atomic E-state index is 11.0. The number of carbonyl (C=O) groups excluding carboxylic acids is 1. The summed E-state index contributed by atoms with van der Waals surface area (Å²) >= 11 is 0. The number of primary amides is 1. The fourth-order valence-electron chi connectivity index (χ4n) is 1.24. The molecule has 0 radical (unpaired) electrons. The molecule has 1 aromatic carbocycles. The number of benzene rings is 1. The van der Waals surface area contributed by atoms with E-state index in [0.717, 1.165) is 0 Å². The summed E-state index contributed by atoms with van der Waals surface area (Å²) < 4.78 is 0. The molecule has 0 spiro atoms. The number of hydrogen-bond donors (Lipinski definition) is 2. The van der Waals surface area contributed by atoms with Crippen molar-refractivity contribution in [3.63, 3.8) is 0 Å². The van der Waals surface area contributed by atoms with E-state index in [0.29, 0.717) is 5.56 Å². The molecule has 14 heavy (non-hydrogen) atoms. The van der Waals surface area contributed by atoms with Crippen LogP contribution in [0.1, 0.15) is 11.5 Å². The van der Waals surface area contributed by atoms with Crippen molar-refractivity contribution in [1.29, 1.82) is 5.26 Å². The molecule has 72 valence electrons. The molecule has 3 N–H and O–H groups in total. The highest BCUT2D eigenvalue weighted by molar-refractivity contribution is 5.83. The first kappa shape index (κ1) is 10.2. The van der Waals surface area contributed by atoms with Crippen molar-refractivity contribution in [2.45, 2.75) is 12.0 Å². The number of rotatable bonds is 3. The first-order valence-corrected chi connectivity index (χ1v) is 4.08. The molecule has 0 aliphatic rings. The van der Waals surface area contributed by atoms with Crippen LogP contribution in [-0.4, -0.2) is 17.1 Å². The molecule has 1 rings (SSSR count). The summed E-state index contributed by atoms with van der Waals surface area (Å²) in [6, 6.07) is 10.1. The zero-order valence-corrected chi connectivity index (χ0v) is 7.42. The fourth-order valence-corrected chi connectivity index (χ4v) is 1.24. The smallest absolute Gasteiger partial charge is 0.228 e. The van der Waals surface area contributed by atoms with Crippen molar-refractivity contribution in [3.05, 3.63) is 35.9 Å². The molecule has 0 aliphatic heterocycles. The highest BCUT2D eigenvalue weighted by atomic mass is 16.3. The van der Waals surface area contributed by atoms with Crippen molar-refractivity contribution in [2.75, 3.05) is 0 Å². The Morgan fingerprint density at radius 1 is 1.43 bits per heavy atom. The van der Waals surface area contributed by atoms with E-state index in [2.05, 4.69) is 0 Å². The number of aliphatic hydroxyl groups is 1. The minimum absolute atomic E-state index is 0.550. The number of carbonyl (C=O) groups is 1. The van der Waals surface area contributed by atoms with Gasteiger partial charge in [0.25, 0.3) is 0 Å². The van der Waals surface area contributed by atoms with E-state index in [1.165, 1.54) is 0 Å². The Labute approximate surface area is 81.6 Å². The van der Waals surface area contributed by atoms with Crippen LogP contribution >= 0.6 is 0 Å². The van der Waals surface area contributed by atoms with E-state index in [9.17, 15) is 9.90 Å². The standard InChI is InChI=1S/C10H10N2O2/c11-6-8(13)9(10(12)14)7-4-2-1-3-5-7/h1-5,8-9,13H,(H2,12,14). The van der Waals surface area contributed by atoms with Gasteiger partial charge in [-0.05, 0) is 5.56 Å². The van der Waals surface area contributed by atoms with Crippen LogP contribution in [0.15, 0.2) is 30.3 Å². The average Bonchev–Trinajstić information content (AvgIpc) is 2.19. The quantitative estimate of drug-likeness (QED) is 0.664. The van der Waals surface area contributed by atoms with Crippen LogP contribution in [0.25, 0.3) is 0 Å². The minimum Gasteiger partial charge on any atom is -0.377 e. The van der Waals surface area contributed by atoms with E-state index in [-0.39, 0.29) is 0 Å². The largest absolute Gasteiger partial charge is 0.377 e. The second-order valence-electron chi connectivity index (χ2n) is 2.86. The Morgan fingerprint density at radius 3 is 2.43 bits per heavy atom. The van der Waals surface area contributed by atoms with Gasteiger partial charge >= 0.3 is 0 Å². The Bertz CT molecular complexity index is 356. The third-order valence-electron chi connectivity index (χ3n) is 1.91. The van der Waals surface area contributed by atoms with Crippen LogP contribution in [0, 0.1) is 11.3 Å². The predicted octanol–water partition coefficient (Wildman–Crippen LogP) is 0.140. The predicted molar refractivity (Wildman–Crippen MR) is 50.0 cm³/mol. The number of hydrogen-bond acceptors (Lipinski definition) is 3. The fraction of sp³-hybridized carbons (Fsp3) is 0.200. The summed E-state index contributed by atoms with van der Waals surface area (Å²) in [5.41, 5.74) is 5.65. The average molecular weight is 190 g/mol. The van der Waals surface area contributed by atoms with Gasteiger partial charge < -0.3 is 10.8 Å². The van der Waals surface area contributed by atoms with Crippen LogP contribution < -0.4 is 5.73 Å². The topological polar surface area (TPSA) is 87.1 Å². The number of nitrogens with two attached hydrogens (primary N) is 1. The van der Waals surface area contributed by atoms with Crippen molar-refractivity contribution >= 4 is 5.91 Å². The van der Waals surface area contributed by atoms with Gasteiger partial charge in [0.15, 0.2) is 6.10 Å². The molecule has 0 aromatic heterocycles. The maximum Gasteiger partial charge on any atom is 0.228 e. The third kappa shape index (κ3) is 2.09. The highest BCUT2D eigenvalue weighted by Gasteiger charge is 2.25. The molecule has 0 heterocycles. The second kappa shape index (κ2) is 4.40. The lowest BCUT2D eigenvalue weighted by Crippen LogP contribution is -2.30. The van der Waals surface area contributed by atoms with E-state index in [1.54, 1.807) is 36.4 Å². The van der Waals surface area contributed by atoms with Gasteiger partial charge in [-0.25, -0.2) is 0 Å². The lowest BCUT2D eigenvalue weighted by atomic mass is 9.93. The van der Waals surface area contributed by atoms with Crippen molar-refractivity contribution in [2.24, 2.45) is 5.73 Å². The SMILES string of the molecule is N#CC(O)C(C(N)=O)c1ccccc1. The van der Waals surface area contributed by atoms with Gasteiger partial charge in [-0.1, -0.05) is 30.3 Å². The summed E-state index contributed by atoms with van der Waals surface area (Å²) in [7, 11) is 0. The van der Waals surface area contributed by atoms with E-state index in [4.69, 9.17) is 11.0 Å². The molecular weight excluding hydrogens is 180 g/mol. The van der Waals surface area contributed by atoms with Gasteiger partial charge in [-0.2, -0.15) is 5.26 Å². The maximum atomic E-state index is 11.0. The van der Waals surface area contributed by atoms with Crippen LogP contribution in [-0.2, 0) is 4.79 Å². The Morgan fingerprint density at radius 2 is 2.00 bits per heavy atom. The zero-order valence-electron chi connectivity index (χ0n) is 7.42. The first-order chi connectivity index (χ1) is 6.66. The molecule has 1 amide bonds. The zero-order chi connectivity index (χ0) is 10.6. The monoisotopic (exact) mass is 190 g/mol. The van der Waals surface area contributed by atoms with Crippen molar-refractivity contribution in [1.82, 2.24) is 0 Å². The second-order valence-corrected chi connectivity index (χ2v) is 2.86. The van der Waals surface area contributed by atoms with Gasteiger partial charge in [0.1, 0.15) is 5.92 Å². The Kier molecular flexibility index (Phi) is 3.21. The molecule has 4 nitrogen and oxygen atoms in total. The Hall–Kier alpha value is -1.86. The number of amides is 1. The molecule has 1 aromatic rings. The number of aliphatic hydroxyl groups excluding tert-OH is 1. The van der Waals surface area contributed by atoms with Crippen LogP contribution in [0.3, 0.4) is 0 Å². The first-order valence-electron chi connectivity index (χ1n) is 4.08. The molecule has 0 fully saturated rings. The van der Waals surface area contributed by atoms with Gasteiger partial charge in [0.05, 0.1) is 6.07 Å². The van der Waals surface area contributed by atoms with E-state index < -0.39 is 17.9 Å². The summed E-state index contributed by atoms with van der Waals surface area (Å²) in [6.45, 7) is 0. The summed E-state index contributed by atoms with van der Waals surface area (Å²) in [5, 5.41) is 17.8. The Balaban J connectivity index is 3.02. The number of nitrogens with zero attached hydrogens (tertiary/aromatic N) is 1. The molecule has 2 unspecified atom stereocenters. The van der Waals surface area contributed by atoms with Gasteiger partial charge in [-0.3, -0.25) is 4.79 Å². The van der Waals surface area contributed by atoms with Crippen LogP contribution in [0.2, 0.25) is 0 Å². The van der Waals surface area contributed by atoms with E-state index >= 15 is 0 Å². The molecule has 4 heteroatoms. The van der Waals surface area contributed by atoms with Gasteiger partial charge in [0, 0.05) is 0 Å². The van der Waals surface area contributed by atoms with Gasteiger partial charge in [0.2, 0.25) is 5.91 Å². The van der Waals surface area contributed by atoms with Crippen LogP contribution in [0.4, 0.5) is 0 Å². The lowest BCUT2D eigenvalue weighted by Gasteiger charge is -2.14. The van der Waals surface area contributed by atoms with Crippen LogP contribution in [0.5, 0.6) is 0 Å². The van der Waals surface area contributed by atoms with E-state index in [1.807, 2.05) is 0 Å². The minimum atomic E-state index is -1.39. The lowest BCUT2D eigenvalue weighted by molar-refractivity contribution is -0.121. The normalized spacial score (nSPS) is 14.0. The summed E-state index contributed by atoms with van der Waals surface area (Å²) in [6.07, 6.45) is -1.39. The highest BCUT2D eigenvalue weighted by Crippen LogP contribution is 2.18. The molecule has 0 aliphatic carbocycles. The van der Waals surface area contributed by atoms with Gasteiger partial charge in [-0.15, -0.1) is 0 Å². The molecule has 0 bridgehead atoms. The van der Waals surface area contributed by atoms with Crippen molar-refractivity contribution in [3.8, 4) is 6.07 Å². The molecule has 2 atom stereocenters. The summed E-state index contributed by atoms with van der Waals surface area (Å²) in [4.78, 5) is 11.0. The third-order valence-corrected chi connectivity index (χ3v) is 1.91. The molecule has 0 saturated heterocycles. The van der Waals surface area contributed by atoms with Crippen molar-refractivity contribution < 1.29 is 9.90 Å².